The van der Waals surface area contributed by atoms with Gasteiger partial charge in [-0.1, -0.05) is 18.2 Å². The Bertz CT molecular complexity index is 462. The Morgan fingerprint density at radius 2 is 1.94 bits per heavy atom. The molecule has 1 aromatic carbocycles. The van der Waals surface area contributed by atoms with Crippen LogP contribution in [0.3, 0.4) is 0 Å². The normalized spacial score (nSPS) is 11.5. The minimum atomic E-state index is -0.242. The van der Waals surface area contributed by atoms with Crippen LogP contribution >= 0.6 is 0 Å². The molecule has 0 spiro atoms. The molecule has 0 saturated heterocycles. The molecule has 0 amide bonds. The fourth-order valence-electron chi connectivity index (χ4n) is 1.82. The summed E-state index contributed by atoms with van der Waals surface area (Å²) < 4.78 is 5.43. The van der Waals surface area contributed by atoms with Gasteiger partial charge in [0.15, 0.2) is 0 Å². The molecule has 3 N–H and O–H groups in total. The SMILES string of the molecule is OCC(CO)NCCc1coc2ccccc12. The third-order valence-corrected chi connectivity index (χ3v) is 2.83. The van der Waals surface area contributed by atoms with Crippen molar-refractivity contribution in [3.05, 3.63) is 36.1 Å². The first-order valence-electron chi connectivity index (χ1n) is 5.75. The molecule has 4 heteroatoms. The summed E-state index contributed by atoms with van der Waals surface area (Å²) in [5.41, 5.74) is 2.03. The zero-order valence-corrected chi connectivity index (χ0v) is 9.60. The second-order valence-corrected chi connectivity index (χ2v) is 4.02. The van der Waals surface area contributed by atoms with Crippen LogP contribution in [0.25, 0.3) is 11.0 Å². The molecule has 2 aromatic rings. The zero-order valence-electron chi connectivity index (χ0n) is 9.60. The van der Waals surface area contributed by atoms with E-state index in [4.69, 9.17) is 14.6 Å². The van der Waals surface area contributed by atoms with E-state index in [-0.39, 0.29) is 19.3 Å². The molecule has 0 atom stereocenters. The van der Waals surface area contributed by atoms with Crippen LogP contribution in [-0.4, -0.2) is 36.0 Å². The molecule has 0 unspecified atom stereocenters. The molecule has 0 aliphatic heterocycles. The summed E-state index contributed by atoms with van der Waals surface area (Å²) in [5, 5.41) is 22.0. The van der Waals surface area contributed by atoms with E-state index in [0.29, 0.717) is 6.54 Å². The predicted octanol–water partition coefficient (Wildman–Crippen LogP) is 0.918. The average molecular weight is 235 g/mol. The van der Waals surface area contributed by atoms with Crippen molar-refractivity contribution in [2.75, 3.05) is 19.8 Å². The summed E-state index contributed by atoms with van der Waals surface area (Å²) in [7, 11) is 0. The number of aliphatic hydroxyl groups is 2. The van der Waals surface area contributed by atoms with Crippen molar-refractivity contribution >= 4 is 11.0 Å². The number of fused-ring (bicyclic) bond motifs is 1. The maximum absolute atomic E-state index is 8.91. The Labute approximate surface area is 99.9 Å². The Morgan fingerprint density at radius 3 is 2.71 bits per heavy atom. The highest BCUT2D eigenvalue weighted by atomic mass is 16.3. The minimum Gasteiger partial charge on any atom is -0.464 e. The molecule has 1 aromatic heterocycles. The van der Waals surface area contributed by atoms with Gasteiger partial charge in [0.2, 0.25) is 0 Å². The molecule has 4 nitrogen and oxygen atoms in total. The fraction of sp³-hybridized carbons (Fsp3) is 0.385. The topological polar surface area (TPSA) is 65.6 Å². The zero-order chi connectivity index (χ0) is 12.1. The molecule has 0 aliphatic carbocycles. The van der Waals surface area contributed by atoms with Crippen molar-refractivity contribution in [1.82, 2.24) is 5.32 Å². The van der Waals surface area contributed by atoms with Crippen LogP contribution in [0, 0.1) is 0 Å². The van der Waals surface area contributed by atoms with E-state index in [9.17, 15) is 0 Å². The van der Waals surface area contributed by atoms with Crippen molar-refractivity contribution in [3.8, 4) is 0 Å². The van der Waals surface area contributed by atoms with E-state index < -0.39 is 0 Å². The van der Waals surface area contributed by atoms with E-state index >= 15 is 0 Å². The molecular formula is C13H17NO3. The van der Waals surface area contributed by atoms with Crippen LogP contribution in [0.4, 0.5) is 0 Å². The van der Waals surface area contributed by atoms with Crippen molar-refractivity contribution in [2.45, 2.75) is 12.5 Å². The predicted molar refractivity (Wildman–Crippen MR) is 65.9 cm³/mol. The van der Waals surface area contributed by atoms with E-state index in [1.54, 1.807) is 6.26 Å². The van der Waals surface area contributed by atoms with Crippen molar-refractivity contribution < 1.29 is 14.6 Å². The molecule has 2 rings (SSSR count). The first kappa shape index (κ1) is 12.1. The van der Waals surface area contributed by atoms with Crippen LogP contribution in [0.15, 0.2) is 34.9 Å². The molecule has 17 heavy (non-hydrogen) atoms. The number of hydrogen-bond donors (Lipinski definition) is 3. The largest absolute Gasteiger partial charge is 0.464 e. The molecule has 0 aliphatic rings. The molecule has 0 saturated carbocycles. The summed E-state index contributed by atoms with van der Waals surface area (Å²) in [4.78, 5) is 0. The molecule has 0 fully saturated rings. The standard InChI is InChI=1S/C13H17NO3/c15-7-11(8-16)14-6-5-10-9-17-13-4-2-1-3-12(10)13/h1-4,9,11,14-16H,5-8H2. The third kappa shape index (κ3) is 2.85. The van der Waals surface area contributed by atoms with Crippen LogP contribution in [0.5, 0.6) is 0 Å². The fourth-order valence-corrected chi connectivity index (χ4v) is 1.82. The molecule has 0 radical (unpaired) electrons. The van der Waals surface area contributed by atoms with Crippen molar-refractivity contribution in [3.63, 3.8) is 0 Å². The lowest BCUT2D eigenvalue weighted by Gasteiger charge is -2.12. The van der Waals surface area contributed by atoms with Gasteiger partial charge in [-0.2, -0.15) is 0 Å². The van der Waals surface area contributed by atoms with E-state index in [1.807, 2.05) is 24.3 Å². The van der Waals surface area contributed by atoms with Crippen LogP contribution < -0.4 is 5.32 Å². The second kappa shape index (κ2) is 5.82. The molecule has 1 heterocycles. The highest BCUT2D eigenvalue weighted by Gasteiger charge is 2.07. The summed E-state index contributed by atoms with van der Waals surface area (Å²) in [6.07, 6.45) is 2.58. The Morgan fingerprint density at radius 1 is 1.18 bits per heavy atom. The number of furan rings is 1. The first-order chi connectivity index (χ1) is 8.35. The molecule has 0 bridgehead atoms. The van der Waals surface area contributed by atoms with E-state index in [1.165, 1.54) is 0 Å². The van der Waals surface area contributed by atoms with Crippen molar-refractivity contribution in [1.29, 1.82) is 0 Å². The lowest BCUT2D eigenvalue weighted by Crippen LogP contribution is -2.36. The van der Waals surface area contributed by atoms with Gasteiger partial charge >= 0.3 is 0 Å². The van der Waals surface area contributed by atoms with Gasteiger partial charge in [-0.05, 0) is 24.6 Å². The Kier molecular flexibility index (Phi) is 4.14. The summed E-state index contributed by atoms with van der Waals surface area (Å²) >= 11 is 0. The lowest BCUT2D eigenvalue weighted by molar-refractivity contribution is 0.171. The van der Waals surface area contributed by atoms with E-state index in [0.717, 1.165) is 23.0 Å². The number of benzene rings is 1. The molecular weight excluding hydrogens is 218 g/mol. The molecule has 92 valence electrons. The van der Waals surface area contributed by atoms with Gasteiger partial charge in [-0.25, -0.2) is 0 Å². The van der Waals surface area contributed by atoms with Crippen molar-refractivity contribution in [2.24, 2.45) is 0 Å². The highest BCUT2D eigenvalue weighted by Crippen LogP contribution is 2.20. The van der Waals surface area contributed by atoms with Gasteiger partial charge in [0.25, 0.3) is 0 Å². The number of rotatable bonds is 6. The first-order valence-corrected chi connectivity index (χ1v) is 5.75. The van der Waals surface area contributed by atoms with Crippen LogP contribution in [0.1, 0.15) is 5.56 Å². The lowest BCUT2D eigenvalue weighted by atomic mass is 10.1. The maximum atomic E-state index is 8.91. The Balaban J connectivity index is 1.95. The number of hydrogen-bond acceptors (Lipinski definition) is 4. The smallest absolute Gasteiger partial charge is 0.134 e. The second-order valence-electron chi connectivity index (χ2n) is 4.02. The van der Waals surface area contributed by atoms with Gasteiger partial charge < -0.3 is 19.9 Å². The van der Waals surface area contributed by atoms with Gasteiger partial charge in [0.1, 0.15) is 5.58 Å². The Hall–Kier alpha value is -1.36. The average Bonchev–Trinajstić information content (AvgIpc) is 2.78. The summed E-state index contributed by atoms with van der Waals surface area (Å²) in [6.45, 7) is 0.598. The quantitative estimate of drug-likeness (QED) is 0.696. The minimum absolute atomic E-state index is 0.0529. The monoisotopic (exact) mass is 235 g/mol. The van der Waals surface area contributed by atoms with E-state index in [2.05, 4.69) is 5.32 Å². The number of aliphatic hydroxyl groups excluding tert-OH is 2. The number of nitrogens with one attached hydrogen (secondary N) is 1. The number of para-hydroxylation sites is 1. The van der Waals surface area contributed by atoms with Crippen LogP contribution in [0.2, 0.25) is 0 Å². The summed E-state index contributed by atoms with van der Waals surface area (Å²) in [6, 6.07) is 7.66. The van der Waals surface area contributed by atoms with Crippen LogP contribution in [-0.2, 0) is 6.42 Å². The summed E-state index contributed by atoms with van der Waals surface area (Å²) in [5.74, 6) is 0. The highest BCUT2D eigenvalue weighted by molar-refractivity contribution is 5.80. The van der Waals surface area contributed by atoms with Gasteiger partial charge in [-0.15, -0.1) is 0 Å². The third-order valence-electron chi connectivity index (χ3n) is 2.83. The van der Waals surface area contributed by atoms with Gasteiger partial charge in [0.05, 0.1) is 25.5 Å². The maximum Gasteiger partial charge on any atom is 0.134 e. The van der Waals surface area contributed by atoms with Gasteiger partial charge in [-0.3, -0.25) is 0 Å². The van der Waals surface area contributed by atoms with Gasteiger partial charge in [0, 0.05) is 5.39 Å².